The Kier molecular flexibility index (Phi) is 2.81. The van der Waals surface area contributed by atoms with Crippen molar-refractivity contribution in [3.8, 4) is 0 Å². The van der Waals surface area contributed by atoms with Crippen molar-refractivity contribution >= 4 is 0 Å². The van der Waals surface area contributed by atoms with E-state index in [1.807, 2.05) is 6.92 Å². The monoisotopic (exact) mass is 172 g/mol. The number of hydrogen-bond acceptors (Lipinski definition) is 3. The molecule has 0 fully saturated rings. The molecule has 1 N–H and O–H groups in total. The van der Waals surface area contributed by atoms with Gasteiger partial charge in [-0.1, -0.05) is 5.16 Å². The van der Waals surface area contributed by atoms with Crippen LogP contribution in [0.2, 0.25) is 0 Å². The number of hydrogen-bond donors (Lipinski definition) is 1. The van der Waals surface area contributed by atoms with Gasteiger partial charge in [0.2, 0.25) is 0 Å². The molecule has 1 aromatic rings. The molecule has 1 atom stereocenters. The molecule has 0 spiro atoms. The van der Waals surface area contributed by atoms with Crippen molar-refractivity contribution in [2.75, 3.05) is 13.7 Å². The highest BCUT2D eigenvalue weighted by molar-refractivity contribution is 5.24. The molecule has 1 unspecified atom stereocenters. The number of aryl methyl sites for hydroxylation is 2. The van der Waals surface area contributed by atoms with Crippen LogP contribution in [0.4, 0.5) is 4.39 Å². The lowest BCUT2D eigenvalue weighted by atomic mass is 10.1. The first-order valence-corrected chi connectivity index (χ1v) is 3.86. The van der Waals surface area contributed by atoms with Crippen LogP contribution in [-0.2, 0) is 0 Å². The van der Waals surface area contributed by atoms with Crippen molar-refractivity contribution in [2.45, 2.75) is 19.9 Å². The van der Waals surface area contributed by atoms with E-state index in [1.54, 1.807) is 14.0 Å². The van der Waals surface area contributed by atoms with Crippen LogP contribution in [0.3, 0.4) is 0 Å². The average Bonchev–Trinajstić information content (AvgIpc) is 2.38. The van der Waals surface area contributed by atoms with Crippen molar-refractivity contribution < 1.29 is 8.91 Å². The number of nitrogens with zero attached hydrogens (tertiary/aromatic N) is 1. The Hall–Kier alpha value is -0.900. The van der Waals surface area contributed by atoms with Crippen LogP contribution in [0.25, 0.3) is 0 Å². The maximum absolute atomic E-state index is 12.4. The van der Waals surface area contributed by atoms with Gasteiger partial charge in [0.05, 0.1) is 11.7 Å². The highest BCUT2D eigenvalue weighted by Crippen LogP contribution is 2.21. The zero-order valence-corrected chi connectivity index (χ0v) is 7.52. The number of nitrogens with one attached hydrogen (secondary N) is 1. The summed E-state index contributed by atoms with van der Waals surface area (Å²) in [6.45, 7) is 3.15. The first-order chi connectivity index (χ1) is 5.70. The molecule has 12 heavy (non-hydrogen) atoms. The SMILES string of the molecule is CNC(CF)c1c(C)noc1C. The van der Waals surface area contributed by atoms with Crippen molar-refractivity contribution in [1.82, 2.24) is 10.5 Å². The highest BCUT2D eigenvalue weighted by Gasteiger charge is 2.18. The summed E-state index contributed by atoms with van der Waals surface area (Å²) in [6.07, 6.45) is 0. The van der Waals surface area contributed by atoms with Crippen LogP contribution in [0.15, 0.2) is 4.52 Å². The van der Waals surface area contributed by atoms with E-state index in [4.69, 9.17) is 4.52 Å². The van der Waals surface area contributed by atoms with Gasteiger partial charge in [0, 0.05) is 5.56 Å². The Morgan fingerprint density at radius 1 is 1.58 bits per heavy atom. The van der Waals surface area contributed by atoms with E-state index in [9.17, 15) is 4.39 Å². The summed E-state index contributed by atoms with van der Waals surface area (Å²) in [7, 11) is 1.72. The molecule has 1 heterocycles. The topological polar surface area (TPSA) is 38.1 Å². The Morgan fingerprint density at radius 3 is 2.58 bits per heavy atom. The second kappa shape index (κ2) is 3.67. The molecule has 0 aliphatic carbocycles. The highest BCUT2D eigenvalue weighted by atomic mass is 19.1. The van der Waals surface area contributed by atoms with Crippen molar-refractivity contribution in [3.63, 3.8) is 0 Å². The summed E-state index contributed by atoms with van der Waals surface area (Å²) in [6, 6.07) is -0.295. The van der Waals surface area contributed by atoms with E-state index in [2.05, 4.69) is 10.5 Å². The molecule has 3 nitrogen and oxygen atoms in total. The molecule has 0 saturated carbocycles. The molecule has 1 aromatic heterocycles. The van der Waals surface area contributed by atoms with Gasteiger partial charge in [-0.15, -0.1) is 0 Å². The van der Waals surface area contributed by atoms with Gasteiger partial charge in [0.15, 0.2) is 0 Å². The van der Waals surface area contributed by atoms with Crippen LogP contribution in [0.5, 0.6) is 0 Å². The molecule has 0 aromatic carbocycles. The molecule has 0 aliphatic heterocycles. The molecule has 68 valence electrons. The van der Waals surface area contributed by atoms with Gasteiger partial charge in [-0.25, -0.2) is 4.39 Å². The van der Waals surface area contributed by atoms with E-state index < -0.39 is 6.67 Å². The van der Waals surface area contributed by atoms with Crippen LogP contribution in [0, 0.1) is 13.8 Å². The quantitative estimate of drug-likeness (QED) is 0.751. The third kappa shape index (κ3) is 1.48. The molecule has 0 bridgehead atoms. The van der Waals surface area contributed by atoms with Crippen LogP contribution in [0.1, 0.15) is 23.1 Å². The first-order valence-electron chi connectivity index (χ1n) is 3.86. The zero-order valence-electron chi connectivity index (χ0n) is 7.52. The maximum Gasteiger partial charge on any atom is 0.138 e. The zero-order chi connectivity index (χ0) is 9.14. The fourth-order valence-electron chi connectivity index (χ4n) is 1.29. The molecule has 4 heteroatoms. The standard InChI is InChI=1S/C8H13FN2O/c1-5-8(6(2)12-11-5)7(4-9)10-3/h7,10H,4H2,1-3H3. The fraction of sp³-hybridized carbons (Fsp3) is 0.625. The minimum atomic E-state index is -0.445. The van der Waals surface area contributed by atoms with Gasteiger partial charge in [-0.3, -0.25) is 0 Å². The van der Waals surface area contributed by atoms with Gasteiger partial charge < -0.3 is 9.84 Å². The van der Waals surface area contributed by atoms with E-state index in [0.29, 0.717) is 5.76 Å². The number of halogens is 1. The van der Waals surface area contributed by atoms with E-state index in [-0.39, 0.29) is 6.04 Å². The van der Waals surface area contributed by atoms with E-state index in [1.165, 1.54) is 0 Å². The predicted octanol–water partition coefficient (Wildman–Crippen LogP) is 1.52. The second-order valence-electron chi connectivity index (χ2n) is 2.73. The summed E-state index contributed by atoms with van der Waals surface area (Å²) >= 11 is 0. The van der Waals surface area contributed by atoms with Gasteiger partial charge in [-0.05, 0) is 20.9 Å². The number of alkyl halides is 1. The molecule has 1 rings (SSSR count). The Labute approximate surface area is 70.9 Å². The molecule has 0 radical (unpaired) electrons. The lowest BCUT2D eigenvalue weighted by Gasteiger charge is -2.10. The lowest BCUT2D eigenvalue weighted by molar-refractivity contribution is 0.378. The normalized spacial score (nSPS) is 13.3. The van der Waals surface area contributed by atoms with Crippen LogP contribution in [-0.4, -0.2) is 18.9 Å². The molecule has 0 aliphatic rings. The second-order valence-corrected chi connectivity index (χ2v) is 2.73. The summed E-state index contributed by atoms with van der Waals surface area (Å²) in [5.74, 6) is 0.685. The molecule has 0 saturated heterocycles. The Morgan fingerprint density at radius 2 is 2.25 bits per heavy atom. The Bertz CT molecular complexity index is 236. The van der Waals surface area contributed by atoms with Crippen LogP contribution >= 0.6 is 0 Å². The summed E-state index contributed by atoms with van der Waals surface area (Å²) in [4.78, 5) is 0. The number of aromatic nitrogens is 1. The minimum Gasteiger partial charge on any atom is -0.361 e. The van der Waals surface area contributed by atoms with Crippen molar-refractivity contribution in [2.24, 2.45) is 0 Å². The van der Waals surface area contributed by atoms with Gasteiger partial charge >= 0.3 is 0 Å². The molecular formula is C8H13FN2O. The van der Waals surface area contributed by atoms with Crippen LogP contribution < -0.4 is 5.32 Å². The fourth-order valence-corrected chi connectivity index (χ4v) is 1.29. The maximum atomic E-state index is 12.4. The first kappa shape index (κ1) is 9.19. The van der Waals surface area contributed by atoms with Gasteiger partial charge in [-0.2, -0.15) is 0 Å². The minimum absolute atomic E-state index is 0.295. The van der Waals surface area contributed by atoms with E-state index >= 15 is 0 Å². The van der Waals surface area contributed by atoms with E-state index in [0.717, 1.165) is 11.3 Å². The van der Waals surface area contributed by atoms with Gasteiger partial charge in [0.1, 0.15) is 12.4 Å². The average molecular weight is 172 g/mol. The lowest BCUT2D eigenvalue weighted by Crippen LogP contribution is -2.19. The summed E-state index contributed by atoms with van der Waals surface area (Å²) in [5, 5.41) is 6.61. The summed E-state index contributed by atoms with van der Waals surface area (Å²) in [5.41, 5.74) is 1.59. The Balaban J connectivity index is 2.98. The molecule has 0 amide bonds. The third-order valence-corrected chi connectivity index (χ3v) is 1.94. The number of rotatable bonds is 3. The van der Waals surface area contributed by atoms with Crippen molar-refractivity contribution in [3.05, 3.63) is 17.0 Å². The third-order valence-electron chi connectivity index (χ3n) is 1.94. The predicted molar refractivity (Wildman–Crippen MR) is 43.8 cm³/mol. The molecular weight excluding hydrogens is 159 g/mol. The smallest absolute Gasteiger partial charge is 0.138 e. The van der Waals surface area contributed by atoms with Crippen molar-refractivity contribution in [1.29, 1.82) is 0 Å². The van der Waals surface area contributed by atoms with Gasteiger partial charge in [0.25, 0.3) is 0 Å². The largest absolute Gasteiger partial charge is 0.361 e. The summed E-state index contributed by atoms with van der Waals surface area (Å²) < 4.78 is 17.4.